The number of nitrogens with zero attached hydrogens (tertiary/aromatic N) is 2. The summed E-state index contributed by atoms with van der Waals surface area (Å²) in [7, 11) is -3.89. The second kappa shape index (κ2) is 11.9. The Labute approximate surface area is 231 Å². The van der Waals surface area contributed by atoms with Crippen LogP contribution < -0.4 is 9.47 Å². The molecule has 4 aromatic carbocycles. The zero-order chi connectivity index (χ0) is 27.4. The molecule has 1 aromatic heterocycles. The van der Waals surface area contributed by atoms with Crippen LogP contribution in [-0.4, -0.2) is 31.8 Å². The molecule has 39 heavy (non-hydrogen) atoms. The van der Waals surface area contributed by atoms with Crippen LogP contribution in [0.15, 0.2) is 73.1 Å². The van der Waals surface area contributed by atoms with Gasteiger partial charge in [0.1, 0.15) is 6.54 Å². The van der Waals surface area contributed by atoms with Gasteiger partial charge in [-0.25, -0.2) is 4.57 Å². The molecule has 0 aliphatic heterocycles. The third kappa shape index (κ3) is 6.18. The smallest absolute Gasteiger partial charge is 0.264 e. The van der Waals surface area contributed by atoms with Crippen molar-refractivity contribution >= 4 is 58.9 Å². The van der Waals surface area contributed by atoms with Crippen molar-refractivity contribution < 1.29 is 17.5 Å². The summed E-state index contributed by atoms with van der Waals surface area (Å²) in [5.74, 6) is -0.190. The maximum Gasteiger partial charge on any atom is 0.264 e. The Bertz CT molecular complexity index is 1720. The molecule has 0 saturated carbocycles. The monoisotopic (exact) mass is 543 g/mol. The largest absolute Gasteiger partial charge is 0.372 e. The summed E-state index contributed by atoms with van der Waals surface area (Å²) in [6, 6.07) is 22.6. The quantitative estimate of drug-likeness (QED) is 0.0759. The molecule has 0 saturated heterocycles. The Balaban J connectivity index is 1.47. The number of pyridine rings is 1. The van der Waals surface area contributed by atoms with Crippen LogP contribution in [0.3, 0.4) is 0 Å². The van der Waals surface area contributed by atoms with Gasteiger partial charge in [0, 0.05) is 42.0 Å². The molecule has 1 heterocycles. The van der Waals surface area contributed by atoms with E-state index in [1.807, 2.05) is 0 Å². The molecule has 5 aromatic rings. The van der Waals surface area contributed by atoms with Gasteiger partial charge in [0.15, 0.2) is 12.4 Å². The normalized spacial score (nSPS) is 12.2. The molecule has 0 bridgehead atoms. The maximum atomic E-state index is 11.0. The highest BCUT2D eigenvalue weighted by molar-refractivity contribution is 7.85. The van der Waals surface area contributed by atoms with Crippen LogP contribution in [0.5, 0.6) is 0 Å². The minimum Gasteiger partial charge on any atom is -0.372 e. The van der Waals surface area contributed by atoms with E-state index in [4.69, 9.17) is 4.55 Å². The molecule has 0 spiro atoms. The predicted octanol–water partition coefficient (Wildman–Crippen LogP) is 7.66. The van der Waals surface area contributed by atoms with Crippen molar-refractivity contribution in [3.8, 4) is 0 Å². The number of aromatic nitrogens is 1. The van der Waals surface area contributed by atoms with E-state index in [1.165, 1.54) is 69.1 Å². The second-order valence-corrected chi connectivity index (χ2v) is 12.2. The number of aryl methyl sites for hydroxylation is 1. The minimum absolute atomic E-state index is 0.190. The molecule has 204 valence electrons. The van der Waals surface area contributed by atoms with Crippen LogP contribution in [-0.2, 0) is 16.7 Å². The summed E-state index contributed by atoms with van der Waals surface area (Å²) in [5.41, 5.74) is 1.32. The van der Waals surface area contributed by atoms with Gasteiger partial charge in [-0.1, -0.05) is 63.1 Å². The number of fused-ring (bicyclic) bond motifs is 7. The summed E-state index contributed by atoms with van der Waals surface area (Å²) >= 11 is 0. The van der Waals surface area contributed by atoms with Crippen LogP contribution in [0.2, 0.25) is 0 Å². The van der Waals surface area contributed by atoms with E-state index < -0.39 is 10.1 Å². The van der Waals surface area contributed by atoms with Gasteiger partial charge >= 0.3 is 0 Å². The van der Waals surface area contributed by atoms with Crippen LogP contribution >= 0.6 is 0 Å². The van der Waals surface area contributed by atoms with Crippen molar-refractivity contribution in [1.29, 1.82) is 0 Å². The predicted molar refractivity (Wildman–Crippen MR) is 164 cm³/mol. The summed E-state index contributed by atoms with van der Waals surface area (Å²) < 4.78 is 33.0. The van der Waals surface area contributed by atoms with Crippen molar-refractivity contribution in [3.05, 3.63) is 73.1 Å². The van der Waals surface area contributed by atoms with E-state index in [0.29, 0.717) is 19.4 Å². The highest BCUT2D eigenvalue weighted by Gasteiger charge is 2.12. The average molecular weight is 544 g/mol. The molecule has 5 nitrogen and oxygen atoms in total. The standard InChI is InChI=1S/C33H38N2O3S/c1-3-5-19-35(20-6-4-2)27-11-14-28-25(23-27)9-12-32-30(28)15-16-31-29-17-21-34(18-7-8-22-39(36,37)38)24-26(29)10-13-33(31)32/h9-17,21,23-24H,3-8,18-20,22H2,1-2H3/p+1. The number of rotatable bonds is 12. The summed E-state index contributed by atoms with van der Waals surface area (Å²) in [6.07, 6.45) is 10.2. The zero-order valence-electron chi connectivity index (χ0n) is 23.1. The lowest BCUT2D eigenvalue weighted by atomic mass is 9.94. The number of unbranched alkanes of at least 4 members (excludes halogenated alkanes) is 3. The Morgan fingerprint density at radius 2 is 1.26 bits per heavy atom. The van der Waals surface area contributed by atoms with Gasteiger partial charge < -0.3 is 4.90 Å². The Kier molecular flexibility index (Phi) is 8.34. The molecule has 0 atom stereocenters. The Morgan fingerprint density at radius 1 is 0.692 bits per heavy atom. The average Bonchev–Trinajstić information content (AvgIpc) is 2.94. The van der Waals surface area contributed by atoms with E-state index in [2.05, 4.69) is 96.4 Å². The lowest BCUT2D eigenvalue weighted by Gasteiger charge is -2.25. The topological polar surface area (TPSA) is 61.5 Å². The fourth-order valence-electron chi connectivity index (χ4n) is 5.66. The first-order valence-electron chi connectivity index (χ1n) is 14.3. The second-order valence-electron chi connectivity index (χ2n) is 10.7. The van der Waals surface area contributed by atoms with E-state index in [9.17, 15) is 8.42 Å². The fourth-order valence-corrected chi connectivity index (χ4v) is 6.23. The summed E-state index contributed by atoms with van der Waals surface area (Å²) in [6.45, 7) is 7.44. The minimum atomic E-state index is -3.89. The first kappa shape index (κ1) is 27.4. The van der Waals surface area contributed by atoms with E-state index >= 15 is 0 Å². The molecule has 0 amide bonds. The molecule has 0 radical (unpaired) electrons. The van der Waals surface area contributed by atoms with Gasteiger partial charge in [-0.3, -0.25) is 4.55 Å². The SMILES string of the molecule is CCCCN(CCCC)c1ccc2c(ccc3c2ccc2c4cc[n+](CCCCS(=O)(=O)O)cc4ccc23)c1. The highest BCUT2D eigenvalue weighted by atomic mass is 32.2. The first-order valence-corrected chi connectivity index (χ1v) is 15.9. The Morgan fingerprint density at radius 3 is 1.90 bits per heavy atom. The molecule has 5 rings (SSSR count). The number of benzene rings is 4. The molecule has 0 aliphatic carbocycles. The maximum absolute atomic E-state index is 11.0. The van der Waals surface area contributed by atoms with Crippen LogP contribution in [0.1, 0.15) is 52.4 Å². The van der Waals surface area contributed by atoms with Gasteiger partial charge in [0.25, 0.3) is 10.1 Å². The van der Waals surface area contributed by atoms with Crippen LogP contribution in [0, 0.1) is 0 Å². The molecular weight excluding hydrogens is 504 g/mol. The first-order chi connectivity index (χ1) is 18.9. The number of anilines is 1. The van der Waals surface area contributed by atoms with Gasteiger partial charge in [-0.15, -0.1) is 0 Å². The fraction of sp³-hybridized carbons (Fsp3) is 0.364. The third-order valence-corrected chi connectivity index (χ3v) is 8.61. The number of hydrogen-bond acceptors (Lipinski definition) is 3. The molecular formula is C33H39N2O3S+. The van der Waals surface area contributed by atoms with E-state index in [1.54, 1.807) is 0 Å². The molecule has 0 unspecified atom stereocenters. The van der Waals surface area contributed by atoms with Crippen molar-refractivity contribution in [2.45, 2.75) is 58.9 Å². The summed E-state index contributed by atoms with van der Waals surface area (Å²) in [4.78, 5) is 2.55. The van der Waals surface area contributed by atoms with Crippen molar-refractivity contribution in [1.82, 2.24) is 0 Å². The van der Waals surface area contributed by atoms with E-state index in [-0.39, 0.29) is 5.75 Å². The molecule has 0 aliphatic rings. The van der Waals surface area contributed by atoms with Crippen LogP contribution in [0.25, 0.3) is 43.1 Å². The van der Waals surface area contributed by atoms with Crippen molar-refractivity contribution in [3.63, 3.8) is 0 Å². The van der Waals surface area contributed by atoms with Gasteiger partial charge in [-0.05, 0) is 69.8 Å². The zero-order valence-corrected chi connectivity index (χ0v) is 23.9. The highest BCUT2D eigenvalue weighted by Crippen LogP contribution is 2.35. The lowest BCUT2D eigenvalue weighted by molar-refractivity contribution is -0.696. The van der Waals surface area contributed by atoms with Gasteiger partial charge in [0.05, 0.1) is 5.75 Å². The van der Waals surface area contributed by atoms with E-state index in [0.717, 1.165) is 18.5 Å². The van der Waals surface area contributed by atoms with Crippen molar-refractivity contribution in [2.24, 2.45) is 0 Å². The third-order valence-electron chi connectivity index (χ3n) is 7.81. The lowest BCUT2D eigenvalue weighted by Crippen LogP contribution is -2.32. The van der Waals surface area contributed by atoms with Gasteiger partial charge in [-0.2, -0.15) is 8.42 Å². The van der Waals surface area contributed by atoms with Crippen molar-refractivity contribution in [2.75, 3.05) is 23.7 Å². The molecule has 0 fully saturated rings. The summed E-state index contributed by atoms with van der Waals surface area (Å²) in [5, 5.41) is 9.98. The Hall–Kier alpha value is -3.22. The molecule has 6 heteroatoms. The number of hydrogen-bond donors (Lipinski definition) is 1. The molecule has 1 N–H and O–H groups in total. The van der Waals surface area contributed by atoms with Gasteiger partial charge in [0.2, 0.25) is 0 Å². The van der Waals surface area contributed by atoms with Crippen LogP contribution in [0.4, 0.5) is 5.69 Å².